The second-order valence-corrected chi connectivity index (χ2v) is 3.72. The smallest absolute Gasteiger partial charge is 0.147 e. The minimum absolute atomic E-state index is 0.668. The third-order valence-electron chi connectivity index (χ3n) is 1.98. The predicted molar refractivity (Wildman–Crippen MR) is 62.5 cm³/mol. The highest BCUT2D eigenvalue weighted by atomic mass is 35.5. The van der Waals surface area contributed by atoms with Crippen molar-refractivity contribution in [2.24, 2.45) is 0 Å². The molecule has 14 heavy (non-hydrogen) atoms. The maximum atomic E-state index is 6.04. The van der Waals surface area contributed by atoms with E-state index < -0.39 is 0 Å². The highest BCUT2D eigenvalue weighted by Gasteiger charge is 2.08. The molecule has 0 aliphatic rings. The van der Waals surface area contributed by atoms with Gasteiger partial charge in [0.25, 0.3) is 0 Å². The first-order valence-corrected chi connectivity index (χ1v) is 5.62. The van der Waals surface area contributed by atoms with E-state index in [0.717, 1.165) is 25.3 Å². The van der Waals surface area contributed by atoms with E-state index >= 15 is 0 Å². The highest BCUT2D eigenvalue weighted by Crippen LogP contribution is 2.22. The van der Waals surface area contributed by atoms with E-state index in [4.69, 9.17) is 23.2 Å². The number of aromatic nitrogens is 1. The van der Waals surface area contributed by atoms with Gasteiger partial charge in [0, 0.05) is 25.2 Å². The highest BCUT2D eigenvalue weighted by molar-refractivity contribution is 6.32. The zero-order valence-electron chi connectivity index (χ0n) is 8.21. The van der Waals surface area contributed by atoms with Crippen molar-refractivity contribution in [3.63, 3.8) is 0 Å². The molecule has 0 amide bonds. The molecule has 0 saturated heterocycles. The van der Waals surface area contributed by atoms with Crippen LogP contribution in [0.4, 0.5) is 5.82 Å². The van der Waals surface area contributed by atoms with Crippen molar-refractivity contribution in [3.05, 3.63) is 23.4 Å². The molecule has 0 bridgehead atoms. The van der Waals surface area contributed by atoms with E-state index in [2.05, 4.69) is 16.8 Å². The molecule has 2 nitrogen and oxygen atoms in total. The molecule has 0 saturated carbocycles. The van der Waals surface area contributed by atoms with Crippen LogP contribution in [0.1, 0.15) is 13.3 Å². The van der Waals surface area contributed by atoms with Crippen molar-refractivity contribution in [3.8, 4) is 0 Å². The first kappa shape index (κ1) is 11.6. The van der Waals surface area contributed by atoms with Crippen LogP contribution in [-0.2, 0) is 0 Å². The Morgan fingerprint density at radius 1 is 1.50 bits per heavy atom. The van der Waals surface area contributed by atoms with Crippen molar-refractivity contribution >= 4 is 29.0 Å². The van der Waals surface area contributed by atoms with E-state index in [1.807, 2.05) is 12.1 Å². The number of hydrogen-bond acceptors (Lipinski definition) is 2. The second-order valence-electron chi connectivity index (χ2n) is 2.93. The molecule has 78 valence electrons. The first-order chi connectivity index (χ1) is 6.79. The molecule has 0 aromatic carbocycles. The Kier molecular flexibility index (Phi) is 5.05. The van der Waals surface area contributed by atoms with Gasteiger partial charge in [0.2, 0.25) is 0 Å². The first-order valence-electron chi connectivity index (χ1n) is 4.71. The molecule has 0 atom stereocenters. The van der Waals surface area contributed by atoms with Gasteiger partial charge < -0.3 is 4.90 Å². The fourth-order valence-corrected chi connectivity index (χ4v) is 1.64. The molecular weight excluding hydrogens is 219 g/mol. The average Bonchev–Trinajstić information content (AvgIpc) is 2.21. The summed E-state index contributed by atoms with van der Waals surface area (Å²) in [6.07, 6.45) is 2.70. The number of nitrogens with zero attached hydrogens (tertiary/aromatic N) is 2. The molecular formula is C10H14Cl2N2. The van der Waals surface area contributed by atoms with Crippen molar-refractivity contribution in [2.75, 3.05) is 23.9 Å². The van der Waals surface area contributed by atoms with Crippen LogP contribution in [0.15, 0.2) is 18.3 Å². The molecule has 0 unspecified atom stereocenters. The van der Waals surface area contributed by atoms with Crippen molar-refractivity contribution in [1.29, 1.82) is 0 Å². The van der Waals surface area contributed by atoms with E-state index in [9.17, 15) is 0 Å². The Morgan fingerprint density at radius 3 is 2.86 bits per heavy atom. The maximum absolute atomic E-state index is 6.04. The number of alkyl halides is 1. The van der Waals surface area contributed by atoms with E-state index in [0.29, 0.717) is 10.9 Å². The molecule has 4 heteroatoms. The molecule has 0 radical (unpaired) electrons. The monoisotopic (exact) mass is 232 g/mol. The van der Waals surface area contributed by atoms with Crippen LogP contribution < -0.4 is 4.90 Å². The Balaban J connectivity index is 2.73. The average molecular weight is 233 g/mol. The van der Waals surface area contributed by atoms with Gasteiger partial charge in [-0.25, -0.2) is 4.98 Å². The Morgan fingerprint density at radius 2 is 2.29 bits per heavy atom. The summed E-state index contributed by atoms with van der Waals surface area (Å²) in [5.74, 6) is 1.52. The van der Waals surface area contributed by atoms with Crippen LogP contribution in [0.3, 0.4) is 0 Å². The van der Waals surface area contributed by atoms with Crippen LogP contribution in [0.2, 0.25) is 5.02 Å². The summed E-state index contributed by atoms with van der Waals surface area (Å²) in [7, 11) is 0. The van der Waals surface area contributed by atoms with Gasteiger partial charge in [-0.05, 0) is 25.5 Å². The summed E-state index contributed by atoms with van der Waals surface area (Å²) < 4.78 is 0. The zero-order chi connectivity index (χ0) is 10.4. The van der Waals surface area contributed by atoms with Crippen molar-refractivity contribution in [1.82, 2.24) is 4.98 Å². The molecule has 0 aliphatic heterocycles. The molecule has 0 aliphatic carbocycles. The third-order valence-corrected chi connectivity index (χ3v) is 2.54. The largest absolute Gasteiger partial charge is 0.356 e. The Bertz CT molecular complexity index is 279. The van der Waals surface area contributed by atoms with Gasteiger partial charge in [-0.1, -0.05) is 11.6 Å². The third kappa shape index (κ3) is 3.03. The van der Waals surface area contributed by atoms with Crippen molar-refractivity contribution < 1.29 is 0 Å². The predicted octanol–water partition coefficient (Wildman–Crippen LogP) is 3.19. The number of anilines is 1. The summed E-state index contributed by atoms with van der Waals surface area (Å²) >= 11 is 11.7. The van der Waals surface area contributed by atoms with Crippen LogP contribution in [0, 0.1) is 0 Å². The molecule has 1 aromatic heterocycles. The minimum Gasteiger partial charge on any atom is -0.356 e. The lowest BCUT2D eigenvalue weighted by Gasteiger charge is -2.22. The topological polar surface area (TPSA) is 16.1 Å². The molecule has 1 rings (SSSR count). The summed E-state index contributed by atoms with van der Waals surface area (Å²) in [6, 6.07) is 3.69. The minimum atomic E-state index is 0.668. The van der Waals surface area contributed by atoms with Crippen LogP contribution >= 0.6 is 23.2 Å². The number of hydrogen-bond donors (Lipinski definition) is 0. The quantitative estimate of drug-likeness (QED) is 0.726. The summed E-state index contributed by atoms with van der Waals surface area (Å²) in [4.78, 5) is 6.38. The molecule has 0 N–H and O–H groups in total. The van der Waals surface area contributed by atoms with E-state index in [-0.39, 0.29) is 0 Å². The molecule has 0 spiro atoms. The normalized spacial score (nSPS) is 10.2. The standard InChI is InChI=1S/C10H14Cl2N2/c1-2-14(8-4-6-11)10-9(12)5-3-7-13-10/h3,5,7H,2,4,6,8H2,1H3. The lowest BCUT2D eigenvalue weighted by Crippen LogP contribution is -2.25. The van der Waals surface area contributed by atoms with Gasteiger partial charge in [-0.2, -0.15) is 0 Å². The fourth-order valence-electron chi connectivity index (χ4n) is 1.27. The van der Waals surface area contributed by atoms with E-state index in [1.54, 1.807) is 6.20 Å². The van der Waals surface area contributed by atoms with Gasteiger partial charge in [0.15, 0.2) is 0 Å². The summed E-state index contributed by atoms with van der Waals surface area (Å²) in [6.45, 7) is 3.88. The van der Waals surface area contributed by atoms with Crippen LogP contribution in [0.5, 0.6) is 0 Å². The maximum Gasteiger partial charge on any atom is 0.147 e. The molecule has 0 fully saturated rings. The Hall–Kier alpha value is -0.470. The number of pyridine rings is 1. The molecule has 1 aromatic rings. The Labute approximate surface area is 94.8 Å². The molecule has 1 heterocycles. The number of rotatable bonds is 5. The second kappa shape index (κ2) is 6.10. The SMILES string of the molecule is CCN(CCCCl)c1ncccc1Cl. The lowest BCUT2D eigenvalue weighted by molar-refractivity contribution is 0.782. The summed E-state index contributed by atoms with van der Waals surface area (Å²) in [5.41, 5.74) is 0. The summed E-state index contributed by atoms with van der Waals surface area (Å²) in [5, 5.41) is 0.698. The van der Waals surface area contributed by atoms with Gasteiger partial charge in [0.1, 0.15) is 5.82 Å². The fraction of sp³-hybridized carbons (Fsp3) is 0.500. The van der Waals surface area contributed by atoms with Gasteiger partial charge in [0.05, 0.1) is 5.02 Å². The van der Waals surface area contributed by atoms with E-state index in [1.165, 1.54) is 0 Å². The van der Waals surface area contributed by atoms with Crippen molar-refractivity contribution in [2.45, 2.75) is 13.3 Å². The van der Waals surface area contributed by atoms with Crippen LogP contribution in [0.25, 0.3) is 0 Å². The van der Waals surface area contributed by atoms with Gasteiger partial charge >= 0.3 is 0 Å². The lowest BCUT2D eigenvalue weighted by atomic mass is 10.3. The van der Waals surface area contributed by atoms with Crippen LogP contribution in [-0.4, -0.2) is 24.0 Å². The number of halogens is 2. The zero-order valence-corrected chi connectivity index (χ0v) is 9.72. The van der Waals surface area contributed by atoms with Gasteiger partial charge in [-0.3, -0.25) is 0 Å². The van der Waals surface area contributed by atoms with Gasteiger partial charge in [-0.15, -0.1) is 11.6 Å².